The molecule has 1 aliphatic rings. The smallest absolute Gasteiger partial charge is 0.316 e. The van der Waals surface area contributed by atoms with Crippen LogP contribution < -0.4 is 10.6 Å². The number of nitriles is 1. The summed E-state index contributed by atoms with van der Waals surface area (Å²) in [6.45, 7) is 3.56. The maximum atomic E-state index is 13.2. The van der Waals surface area contributed by atoms with E-state index in [1.165, 1.54) is 7.11 Å². The first kappa shape index (κ1) is 21.3. The number of hydrogen-bond donors (Lipinski definition) is 2. The minimum Gasteiger partial charge on any atom is -0.468 e. The highest BCUT2D eigenvalue weighted by Crippen LogP contribution is 2.41. The lowest BCUT2D eigenvalue weighted by Gasteiger charge is -2.28. The number of carbonyl (C=O) groups excluding carboxylic acids is 2. The Hall–Kier alpha value is -3.44. The van der Waals surface area contributed by atoms with E-state index < -0.39 is 11.9 Å². The SMILES string of the molecule is COC(=O)CSC1=C(C#N)[C@H](c2ccc(C)o2)C(C(=O)Nc2ccccc2)=C(C)N1. The van der Waals surface area contributed by atoms with Crippen LogP contribution in [0.25, 0.3) is 0 Å². The minimum atomic E-state index is -0.700. The fourth-order valence-electron chi connectivity index (χ4n) is 3.13. The molecule has 2 aromatic rings. The van der Waals surface area contributed by atoms with Crippen molar-refractivity contribution >= 4 is 29.3 Å². The maximum absolute atomic E-state index is 13.2. The van der Waals surface area contributed by atoms with Gasteiger partial charge < -0.3 is 19.8 Å². The van der Waals surface area contributed by atoms with Crippen molar-refractivity contribution in [1.82, 2.24) is 5.32 Å². The number of amides is 1. The molecule has 0 aliphatic carbocycles. The Morgan fingerprint density at radius 3 is 2.57 bits per heavy atom. The zero-order valence-electron chi connectivity index (χ0n) is 16.8. The van der Waals surface area contributed by atoms with Gasteiger partial charge in [-0.25, -0.2) is 0 Å². The molecule has 8 heteroatoms. The van der Waals surface area contributed by atoms with Gasteiger partial charge in [0.05, 0.1) is 41.0 Å². The van der Waals surface area contributed by atoms with Crippen molar-refractivity contribution in [3.05, 3.63) is 75.9 Å². The standard InChI is InChI=1S/C22H21N3O4S/c1-13-9-10-17(29-13)20-16(11-23)22(30-12-18(26)28-3)24-14(2)19(20)21(27)25-15-7-5-4-6-8-15/h4-10,20,24H,12H2,1-3H3,(H,25,27)/t20-/m1/s1. The number of anilines is 1. The number of furan rings is 1. The molecule has 0 fully saturated rings. The summed E-state index contributed by atoms with van der Waals surface area (Å²) in [5, 5.41) is 16.4. The highest BCUT2D eigenvalue weighted by molar-refractivity contribution is 8.03. The highest BCUT2D eigenvalue weighted by Gasteiger charge is 2.36. The van der Waals surface area contributed by atoms with Gasteiger partial charge in [0.2, 0.25) is 0 Å². The first-order valence-corrected chi connectivity index (χ1v) is 10.2. The average molecular weight is 423 g/mol. The van der Waals surface area contributed by atoms with Crippen molar-refractivity contribution in [3.63, 3.8) is 0 Å². The summed E-state index contributed by atoms with van der Waals surface area (Å²) in [6.07, 6.45) is 0. The second-order valence-corrected chi connectivity index (χ2v) is 7.57. The molecule has 154 valence electrons. The van der Waals surface area contributed by atoms with E-state index >= 15 is 0 Å². The van der Waals surface area contributed by atoms with Crippen LogP contribution in [0.3, 0.4) is 0 Å². The van der Waals surface area contributed by atoms with Crippen LogP contribution in [0.15, 0.2) is 68.8 Å². The summed E-state index contributed by atoms with van der Waals surface area (Å²) in [5.74, 6) is -0.258. The van der Waals surface area contributed by atoms with Crippen LogP contribution >= 0.6 is 11.8 Å². The Morgan fingerprint density at radius 2 is 1.97 bits per heavy atom. The van der Waals surface area contributed by atoms with Gasteiger partial charge in [0.25, 0.3) is 5.91 Å². The number of carbonyl (C=O) groups is 2. The monoisotopic (exact) mass is 423 g/mol. The van der Waals surface area contributed by atoms with Gasteiger partial charge in [-0.05, 0) is 38.1 Å². The lowest BCUT2D eigenvalue weighted by molar-refractivity contribution is -0.137. The van der Waals surface area contributed by atoms with Gasteiger partial charge in [-0.2, -0.15) is 5.26 Å². The molecular weight excluding hydrogens is 402 g/mol. The van der Waals surface area contributed by atoms with Crippen molar-refractivity contribution < 1.29 is 18.7 Å². The number of benzene rings is 1. The average Bonchev–Trinajstić information content (AvgIpc) is 3.17. The number of rotatable bonds is 6. The second kappa shape index (κ2) is 9.37. The van der Waals surface area contributed by atoms with Gasteiger partial charge in [0, 0.05) is 11.4 Å². The summed E-state index contributed by atoms with van der Waals surface area (Å²) < 4.78 is 10.5. The Morgan fingerprint density at radius 1 is 1.23 bits per heavy atom. The van der Waals surface area contributed by atoms with Gasteiger partial charge in [0.15, 0.2) is 0 Å². The second-order valence-electron chi connectivity index (χ2n) is 6.58. The molecule has 1 aliphatic heterocycles. The van der Waals surface area contributed by atoms with Crippen molar-refractivity contribution in [2.75, 3.05) is 18.2 Å². The van der Waals surface area contributed by atoms with E-state index in [2.05, 4.69) is 21.4 Å². The molecule has 0 saturated heterocycles. The third-order valence-corrected chi connectivity index (χ3v) is 5.52. The molecule has 0 bridgehead atoms. The number of dihydropyridines is 1. The van der Waals surface area contributed by atoms with Crippen LogP contribution in [0.4, 0.5) is 5.69 Å². The van der Waals surface area contributed by atoms with Gasteiger partial charge in [-0.15, -0.1) is 0 Å². The molecule has 0 radical (unpaired) electrons. The minimum absolute atomic E-state index is 0.0345. The summed E-state index contributed by atoms with van der Waals surface area (Å²) in [7, 11) is 1.31. The van der Waals surface area contributed by atoms with Crippen LogP contribution in [0, 0.1) is 18.3 Å². The molecule has 0 spiro atoms. The maximum Gasteiger partial charge on any atom is 0.316 e. The van der Waals surface area contributed by atoms with Crippen LogP contribution in [0.5, 0.6) is 0 Å². The third-order valence-electron chi connectivity index (χ3n) is 4.53. The van der Waals surface area contributed by atoms with E-state index in [4.69, 9.17) is 4.42 Å². The predicted molar refractivity (Wildman–Crippen MR) is 114 cm³/mol. The lowest BCUT2D eigenvalue weighted by Crippen LogP contribution is -2.30. The summed E-state index contributed by atoms with van der Waals surface area (Å²) in [5.41, 5.74) is 1.91. The number of nitrogens with zero attached hydrogens (tertiary/aromatic N) is 1. The first-order chi connectivity index (χ1) is 14.4. The first-order valence-electron chi connectivity index (χ1n) is 9.19. The van der Waals surface area contributed by atoms with Gasteiger partial charge in [-0.1, -0.05) is 30.0 Å². The molecule has 1 aromatic heterocycles. The zero-order valence-corrected chi connectivity index (χ0v) is 17.6. The quantitative estimate of drug-likeness (QED) is 0.681. The van der Waals surface area contributed by atoms with E-state index in [0.29, 0.717) is 39.1 Å². The van der Waals surface area contributed by atoms with Crippen LogP contribution in [-0.2, 0) is 14.3 Å². The number of ether oxygens (including phenoxy) is 1. The number of allylic oxidation sites excluding steroid dienone is 2. The molecule has 2 heterocycles. The number of aryl methyl sites for hydroxylation is 1. The summed E-state index contributed by atoms with van der Waals surface area (Å²) >= 11 is 1.15. The molecular formula is C22H21N3O4S. The van der Waals surface area contributed by atoms with E-state index in [9.17, 15) is 14.9 Å². The Labute approximate surface area is 178 Å². The number of nitrogens with one attached hydrogen (secondary N) is 2. The third kappa shape index (κ3) is 4.58. The fourth-order valence-corrected chi connectivity index (χ4v) is 4.05. The van der Waals surface area contributed by atoms with E-state index in [1.807, 2.05) is 18.2 Å². The number of hydrogen-bond acceptors (Lipinski definition) is 7. The zero-order chi connectivity index (χ0) is 21.7. The molecule has 7 nitrogen and oxygen atoms in total. The molecule has 30 heavy (non-hydrogen) atoms. The molecule has 0 saturated carbocycles. The fraction of sp³-hybridized carbons (Fsp3) is 0.227. The van der Waals surface area contributed by atoms with E-state index in [0.717, 1.165) is 11.8 Å². The molecule has 2 N–H and O–H groups in total. The molecule has 0 unspecified atom stereocenters. The van der Waals surface area contributed by atoms with Crippen molar-refractivity contribution in [2.24, 2.45) is 0 Å². The van der Waals surface area contributed by atoms with E-state index in [1.54, 1.807) is 38.1 Å². The van der Waals surface area contributed by atoms with Crippen LogP contribution in [0.1, 0.15) is 24.4 Å². The van der Waals surface area contributed by atoms with Gasteiger partial charge in [-0.3, -0.25) is 9.59 Å². The largest absolute Gasteiger partial charge is 0.468 e. The number of methoxy groups -OCH3 is 1. The van der Waals surface area contributed by atoms with Gasteiger partial charge in [0.1, 0.15) is 11.5 Å². The number of para-hydroxylation sites is 1. The molecule has 1 aromatic carbocycles. The van der Waals surface area contributed by atoms with E-state index in [-0.39, 0.29) is 11.7 Å². The Kier molecular flexibility index (Phi) is 6.65. The number of esters is 1. The normalized spacial score (nSPS) is 16.0. The Balaban J connectivity index is 2.01. The highest BCUT2D eigenvalue weighted by atomic mass is 32.2. The van der Waals surface area contributed by atoms with Gasteiger partial charge >= 0.3 is 5.97 Å². The summed E-state index contributed by atoms with van der Waals surface area (Å²) in [4.78, 5) is 24.8. The van der Waals surface area contributed by atoms with Crippen LogP contribution in [0.2, 0.25) is 0 Å². The van der Waals surface area contributed by atoms with Crippen molar-refractivity contribution in [3.8, 4) is 6.07 Å². The summed E-state index contributed by atoms with van der Waals surface area (Å²) in [6, 6.07) is 14.8. The predicted octanol–water partition coefficient (Wildman–Crippen LogP) is 3.83. The topological polar surface area (TPSA) is 104 Å². The molecule has 3 rings (SSSR count). The molecule has 1 atom stereocenters. The Bertz CT molecular complexity index is 1060. The number of thioether (sulfide) groups is 1. The van der Waals surface area contributed by atoms with Crippen molar-refractivity contribution in [2.45, 2.75) is 19.8 Å². The molecule has 1 amide bonds. The lowest BCUT2D eigenvalue weighted by atomic mass is 9.85. The van der Waals surface area contributed by atoms with Crippen molar-refractivity contribution in [1.29, 1.82) is 5.26 Å². The van der Waals surface area contributed by atoms with Crippen LogP contribution in [-0.4, -0.2) is 24.7 Å².